The number of aryl methyl sites for hydroxylation is 1. The van der Waals surface area contributed by atoms with Crippen LogP contribution in [0.1, 0.15) is 33.3 Å². The average molecular weight is 424 g/mol. The molecule has 0 aliphatic carbocycles. The molecule has 6 nitrogen and oxygen atoms in total. The molecule has 0 saturated carbocycles. The number of para-hydroxylation sites is 1. The van der Waals surface area contributed by atoms with Gasteiger partial charge in [-0.05, 0) is 48.4 Å². The highest BCUT2D eigenvalue weighted by molar-refractivity contribution is 6.10. The van der Waals surface area contributed by atoms with Crippen LogP contribution in [0.3, 0.4) is 0 Å². The van der Waals surface area contributed by atoms with E-state index in [0.29, 0.717) is 34.7 Å². The molecule has 1 amide bonds. The Balaban J connectivity index is 1.71. The predicted molar refractivity (Wildman–Crippen MR) is 122 cm³/mol. The third kappa shape index (κ3) is 3.17. The van der Waals surface area contributed by atoms with Gasteiger partial charge in [0.1, 0.15) is 23.8 Å². The van der Waals surface area contributed by atoms with E-state index in [1.165, 1.54) is 4.90 Å². The normalized spacial score (nSPS) is 15.1. The van der Waals surface area contributed by atoms with E-state index in [9.17, 15) is 9.59 Å². The highest BCUT2D eigenvalue weighted by Crippen LogP contribution is 2.40. The van der Waals surface area contributed by atoms with E-state index < -0.39 is 11.9 Å². The fourth-order valence-corrected chi connectivity index (χ4v) is 3.98. The Morgan fingerprint density at radius 3 is 2.59 bits per heavy atom. The number of ether oxygens (including phenoxy) is 1. The minimum absolute atomic E-state index is 0.0491. The van der Waals surface area contributed by atoms with Crippen molar-refractivity contribution in [2.75, 3.05) is 11.5 Å². The Hall–Kier alpha value is -4.19. The lowest BCUT2D eigenvalue weighted by molar-refractivity contribution is 0.0970. The first-order chi connectivity index (χ1) is 15.6. The summed E-state index contributed by atoms with van der Waals surface area (Å²) in [7, 11) is 0. The third-order valence-corrected chi connectivity index (χ3v) is 5.48. The molecule has 0 spiro atoms. The second kappa shape index (κ2) is 7.81. The van der Waals surface area contributed by atoms with Crippen LogP contribution in [0, 0.1) is 6.92 Å². The molecule has 1 aliphatic rings. The molecule has 0 N–H and O–H groups in total. The Bertz CT molecular complexity index is 1390. The van der Waals surface area contributed by atoms with Gasteiger partial charge in [-0.15, -0.1) is 0 Å². The van der Waals surface area contributed by atoms with Crippen molar-refractivity contribution in [1.29, 1.82) is 0 Å². The number of carbonyl (C=O) groups is 1. The molecular weight excluding hydrogens is 404 g/mol. The molecule has 6 heteroatoms. The first kappa shape index (κ1) is 19.8. The van der Waals surface area contributed by atoms with E-state index in [-0.39, 0.29) is 11.2 Å². The van der Waals surface area contributed by atoms with Crippen molar-refractivity contribution in [1.82, 2.24) is 4.98 Å². The summed E-state index contributed by atoms with van der Waals surface area (Å²) in [6.45, 7) is 5.97. The van der Waals surface area contributed by atoms with Gasteiger partial charge >= 0.3 is 0 Å². The summed E-state index contributed by atoms with van der Waals surface area (Å²) in [5, 5.41) is 0.439. The van der Waals surface area contributed by atoms with Crippen LogP contribution in [0.5, 0.6) is 5.75 Å². The molecule has 1 atom stereocenters. The maximum absolute atomic E-state index is 13.5. The molecule has 2 aromatic heterocycles. The smallest absolute Gasteiger partial charge is 0.296 e. The van der Waals surface area contributed by atoms with Gasteiger partial charge in [-0.25, -0.2) is 4.98 Å². The summed E-state index contributed by atoms with van der Waals surface area (Å²) in [5.41, 5.74) is 2.21. The second-order valence-corrected chi connectivity index (χ2v) is 7.61. The SMILES string of the molecule is C=CCOc1ccc([C@H]2c3c(oc4ccccc4c3=O)C(=O)N2c2ccc(C)cn2)cc1. The Kier molecular flexibility index (Phi) is 4.82. The van der Waals surface area contributed by atoms with Crippen LogP contribution in [0.2, 0.25) is 0 Å². The summed E-state index contributed by atoms with van der Waals surface area (Å²) < 4.78 is 11.5. The highest BCUT2D eigenvalue weighted by Gasteiger charge is 2.44. The molecule has 0 saturated heterocycles. The Labute approximate surface area is 184 Å². The van der Waals surface area contributed by atoms with Gasteiger partial charge in [0.15, 0.2) is 5.43 Å². The molecule has 3 heterocycles. The number of pyridine rings is 1. The lowest BCUT2D eigenvalue weighted by Gasteiger charge is -2.24. The number of hydrogen-bond acceptors (Lipinski definition) is 5. The number of rotatable bonds is 5. The van der Waals surface area contributed by atoms with Crippen LogP contribution in [-0.2, 0) is 0 Å². The Morgan fingerprint density at radius 2 is 1.88 bits per heavy atom. The van der Waals surface area contributed by atoms with Gasteiger partial charge in [0.25, 0.3) is 5.91 Å². The quantitative estimate of drug-likeness (QED) is 0.430. The molecule has 0 fully saturated rings. The summed E-state index contributed by atoms with van der Waals surface area (Å²) in [5.74, 6) is 0.778. The zero-order valence-corrected chi connectivity index (χ0v) is 17.4. The second-order valence-electron chi connectivity index (χ2n) is 7.61. The number of carbonyl (C=O) groups excluding carboxylic acids is 1. The van der Waals surface area contributed by atoms with E-state index in [2.05, 4.69) is 11.6 Å². The van der Waals surface area contributed by atoms with Crippen LogP contribution < -0.4 is 15.1 Å². The molecule has 0 radical (unpaired) electrons. The van der Waals surface area contributed by atoms with Crippen molar-refractivity contribution in [3.05, 3.63) is 112 Å². The number of aromatic nitrogens is 1. The van der Waals surface area contributed by atoms with E-state index >= 15 is 0 Å². The first-order valence-corrected chi connectivity index (χ1v) is 10.2. The fraction of sp³-hybridized carbons (Fsp3) is 0.115. The monoisotopic (exact) mass is 424 g/mol. The topological polar surface area (TPSA) is 72.6 Å². The lowest BCUT2D eigenvalue weighted by atomic mass is 9.98. The number of fused-ring (bicyclic) bond motifs is 2. The lowest BCUT2D eigenvalue weighted by Crippen LogP contribution is -2.30. The summed E-state index contributed by atoms with van der Waals surface area (Å²) in [6, 6.07) is 17.3. The van der Waals surface area contributed by atoms with Crippen molar-refractivity contribution in [3.8, 4) is 5.75 Å². The number of hydrogen-bond donors (Lipinski definition) is 0. The fourth-order valence-electron chi connectivity index (χ4n) is 3.98. The van der Waals surface area contributed by atoms with Crippen LogP contribution >= 0.6 is 0 Å². The van der Waals surface area contributed by atoms with Crippen molar-refractivity contribution in [2.45, 2.75) is 13.0 Å². The molecular formula is C26H20N2O4. The average Bonchev–Trinajstić information content (AvgIpc) is 3.11. The number of anilines is 1. The van der Waals surface area contributed by atoms with E-state index in [1.54, 1.807) is 42.6 Å². The van der Waals surface area contributed by atoms with E-state index in [0.717, 1.165) is 11.1 Å². The van der Waals surface area contributed by atoms with Crippen LogP contribution in [0.15, 0.2) is 88.7 Å². The molecule has 1 aliphatic heterocycles. The summed E-state index contributed by atoms with van der Waals surface area (Å²) in [6.07, 6.45) is 3.36. The van der Waals surface area contributed by atoms with Crippen molar-refractivity contribution < 1.29 is 13.9 Å². The standard InChI is InChI=1S/C26H20N2O4/c1-3-14-31-18-11-9-17(10-12-18)23-22-24(29)19-6-4-5-7-20(19)32-25(22)26(30)28(23)21-13-8-16(2)15-27-21/h3-13,15,23H,1,14H2,2H3/t23-/m0/s1. The maximum Gasteiger partial charge on any atom is 0.296 e. The van der Waals surface area contributed by atoms with Gasteiger partial charge in [-0.3, -0.25) is 14.5 Å². The van der Waals surface area contributed by atoms with Crippen LogP contribution in [0.4, 0.5) is 5.82 Å². The summed E-state index contributed by atoms with van der Waals surface area (Å²) in [4.78, 5) is 33.0. The zero-order chi connectivity index (χ0) is 22.2. The van der Waals surface area contributed by atoms with Crippen LogP contribution in [0.25, 0.3) is 11.0 Å². The van der Waals surface area contributed by atoms with Crippen LogP contribution in [-0.4, -0.2) is 17.5 Å². The number of nitrogens with zero attached hydrogens (tertiary/aromatic N) is 2. The molecule has 4 aromatic rings. The molecule has 32 heavy (non-hydrogen) atoms. The summed E-state index contributed by atoms with van der Waals surface area (Å²) >= 11 is 0. The van der Waals surface area contributed by atoms with Gasteiger partial charge < -0.3 is 9.15 Å². The van der Waals surface area contributed by atoms with Gasteiger partial charge in [-0.2, -0.15) is 0 Å². The van der Waals surface area contributed by atoms with Crippen molar-refractivity contribution in [3.63, 3.8) is 0 Å². The third-order valence-electron chi connectivity index (χ3n) is 5.48. The molecule has 5 rings (SSSR count). The largest absolute Gasteiger partial charge is 0.490 e. The minimum Gasteiger partial charge on any atom is -0.490 e. The number of benzene rings is 2. The Morgan fingerprint density at radius 1 is 1.09 bits per heavy atom. The van der Waals surface area contributed by atoms with Gasteiger partial charge in [-0.1, -0.05) is 43.0 Å². The predicted octanol–water partition coefficient (Wildman–Crippen LogP) is 4.81. The van der Waals surface area contributed by atoms with Crippen molar-refractivity contribution >= 4 is 22.7 Å². The highest BCUT2D eigenvalue weighted by atomic mass is 16.5. The zero-order valence-electron chi connectivity index (χ0n) is 17.4. The van der Waals surface area contributed by atoms with E-state index in [4.69, 9.17) is 9.15 Å². The van der Waals surface area contributed by atoms with Gasteiger partial charge in [0.2, 0.25) is 5.76 Å². The molecule has 2 aromatic carbocycles. The maximum atomic E-state index is 13.5. The molecule has 158 valence electrons. The van der Waals surface area contributed by atoms with Gasteiger partial charge in [0.05, 0.1) is 17.0 Å². The minimum atomic E-state index is -0.665. The van der Waals surface area contributed by atoms with Gasteiger partial charge in [0, 0.05) is 6.20 Å². The number of amides is 1. The van der Waals surface area contributed by atoms with Crippen molar-refractivity contribution in [2.24, 2.45) is 0 Å². The first-order valence-electron chi connectivity index (χ1n) is 10.2. The molecule has 0 bridgehead atoms. The van der Waals surface area contributed by atoms with E-state index in [1.807, 2.05) is 37.3 Å². The molecule has 0 unspecified atom stereocenters.